The summed E-state index contributed by atoms with van der Waals surface area (Å²) in [6, 6.07) is 1.96. The summed E-state index contributed by atoms with van der Waals surface area (Å²) in [5.74, 6) is 0. The second-order valence-corrected chi connectivity index (χ2v) is 4.31. The van der Waals surface area contributed by atoms with Gasteiger partial charge in [-0.1, -0.05) is 10.8 Å². The van der Waals surface area contributed by atoms with Gasteiger partial charge in [0.05, 0.1) is 10.4 Å². The van der Waals surface area contributed by atoms with Crippen LogP contribution >= 0.6 is 22.5 Å². The van der Waals surface area contributed by atoms with E-state index in [1.54, 1.807) is 0 Å². The predicted molar refractivity (Wildman–Crippen MR) is 48.2 cm³/mol. The van der Waals surface area contributed by atoms with Gasteiger partial charge in [-0.3, -0.25) is 5.10 Å². The molecule has 0 spiro atoms. The van der Waals surface area contributed by atoms with Crippen molar-refractivity contribution in [3.63, 3.8) is 0 Å². The Labute approximate surface area is 69.6 Å². The standard InChI is InChI=1S/C6H10N2S2/c1-6(2,10-9)5-3-4-7-8-5/h3-4,9H,1-2H3,(H,7,8). The summed E-state index contributed by atoms with van der Waals surface area (Å²) in [7, 11) is 1.50. The van der Waals surface area contributed by atoms with Crippen molar-refractivity contribution in [3.05, 3.63) is 18.0 Å². The van der Waals surface area contributed by atoms with Crippen molar-refractivity contribution in [1.29, 1.82) is 0 Å². The highest BCUT2D eigenvalue weighted by Crippen LogP contribution is 2.36. The Morgan fingerprint density at radius 1 is 1.70 bits per heavy atom. The third-order valence-corrected chi connectivity index (χ3v) is 3.38. The van der Waals surface area contributed by atoms with Crippen LogP contribution in [0.5, 0.6) is 0 Å². The number of nitrogens with zero attached hydrogens (tertiary/aromatic N) is 1. The average Bonchev–Trinajstić information content (AvgIpc) is 2.38. The van der Waals surface area contributed by atoms with Crippen LogP contribution in [0.3, 0.4) is 0 Å². The van der Waals surface area contributed by atoms with Gasteiger partial charge >= 0.3 is 0 Å². The van der Waals surface area contributed by atoms with E-state index in [0.29, 0.717) is 0 Å². The average molecular weight is 174 g/mol. The maximum Gasteiger partial charge on any atom is 0.0785 e. The highest BCUT2D eigenvalue weighted by atomic mass is 33.1. The van der Waals surface area contributed by atoms with Crippen LogP contribution in [0.25, 0.3) is 0 Å². The zero-order chi connectivity index (χ0) is 7.61. The van der Waals surface area contributed by atoms with Crippen LogP contribution in [-0.4, -0.2) is 10.2 Å². The maximum absolute atomic E-state index is 4.15. The van der Waals surface area contributed by atoms with E-state index in [4.69, 9.17) is 0 Å². The van der Waals surface area contributed by atoms with Gasteiger partial charge in [-0.25, -0.2) is 0 Å². The Bertz CT molecular complexity index is 194. The molecule has 1 heterocycles. The summed E-state index contributed by atoms with van der Waals surface area (Å²) in [4.78, 5) is 0. The molecular formula is C6H10N2S2. The minimum atomic E-state index is 0.00309. The van der Waals surface area contributed by atoms with E-state index in [1.807, 2.05) is 12.3 Å². The Hall–Kier alpha value is -0.0900. The van der Waals surface area contributed by atoms with Crippen molar-refractivity contribution >= 4 is 22.5 Å². The fourth-order valence-electron chi connectivity index (χ4n) is 0.642. The molecule has 0 aliphatic rings. The second-order valence-electron chi connectivity index (χ2n) is 2.56. The zero-order valence-corrected chi connectivity index (χ0v) is 7.67. The predicted octanol–water partition coefficient (Wildman–Crippen LogP) is 2.22. The Balaban J connectivity index is 2.85. The third kappa shape index (κ3) is 1.49. The summed E-state index contributed by atoms with van der Waals surface area (Å²) < 4.78 is 0.00309. The number of rotatable bonds is 2. The van der Waals surface area contributed by atoms with Gasteiger partial charge in [0.15, 0.2) is 0 Å². The van der Waals surface area contributed by atoms with Crippen LogP contribution in [0.15, 0.2) is 12.3 Å². The van der Waals surface area contributed by atoms with E-state index in [9.17, 15) is 0 Å². The fourth-order valence-corrected chi connectivity index (χ4v) is 1.13. The summed E-state index contributed by atoms with van der Waals surface area (Å²) in [5, 5.41) is 6.84. The molecule has 0 fully saturated rings. The Kier molecular flexibility index (Phi) is 2.31. The summed E-state index contributed by atoms with van der Waals surface area (Å²) >= 11 is 4.15. The minimum Gasteiger partial charge on any atom is -0.285 e. The van der Waals surface area contributed by atoms with Crippen molar-refractivity contribution in [3.8, 4) is 0 Å². The molecule has 2 nitrogen and oxygen atoms in total. The van der Waals surface area contributed by atoms with Crippen LogP contribution in [0.4, 0.5) is 0 Å². The van der Waals surface area contributed by atoms with Gasteiger partial charge in [0.25, 0.3) is 0 Å². The van der Waals surface area contributed by atoms with Crippen LogP contribution in [0.2, 0.25) is 0 Å². The smallest absolute Gasteiger partial charge is 0.0785 e. The lowest BCUT2D eigenvalue weighted by molar-refractivity contribution is 0.745. The van der Waals surface area contributed by atoms with Gasteiger partial charge in [0, 0.05) is 6.20 Å². The van der Waals surface area contributed by atoms with Crippen LogP contribution in [0, 0.1) is 0 Å². The molecule has 0 amide bonds. The van der Waals surface area contributed by atoms with E-state index in [2.05, 4.69) is 35.7 Å². The molecule has 0 unspecified atom stereocenters. The first-order valence-corrected chi connectivity index (χ1v) is 4.86. The second kappa shape index (κ2) is 2.88. The fraction of sp³-hybridized carbons (Fsp3) is 0.500. The molecule has 0 aliphatic heterocycles. The first kappa shape index (κ1) is 8.01. The van der Waals surface area contributed by atoms with Crippen LogP contribution in [0.1, 0.15) is 19.5 Å². The van der Waals surface area contributed by atoms with Crippen LogP contribution in [-0.2, 0) is 4.75 Å². The first-order valence-electron chi connectivity index (χ1n) is 2.99. The van der Waals surface area contributed by atoms with Crippen LogP contribution < -0.4 is 0 Å². The topological polar surface area (TPSA) is 28.7 Å². The van der Waals surface area contributed by atoms with Gasteiger partial charge < -0.3 is 0 Å². The molecular weight excluding hydrogens is 164 g/mol. The van der Waals surface area contributed by atoms with Gasteiger partial charge in [0.2, 0.25) is 0 Å². The minimum absolute atomic E-state index is 0.00309. The number of hydrogen-bond acceptors (Lipinski definition) is 3. The van der Waals surface area contributed by atoms with Crippen molar-refractivity contribution in [1.82, 2.24) is 10.2 Å². The van der Waals surface area contributed by atoms with Gasteiger partial charge in [0.1, 0.15) is 0 Å². The van der Waals surface area contributed by atoms with Gasteiger partial charge in [-0.15, -0.1) is 11.7 Å². The van der Waals surface area contributed by atoms with E-state index in [0.717, 1.165) is 5.69 Å². The number of hydrogen-bond donors (Lipinski definition) is 2. The lowest BCUT2D eigenvalue weighted by atomic mass is 10.1. The largest absolute Gasteiger partial charge is 0.285 e. The van der Waals surface area contributed by atoms with E-state index < -0.39 is 0 Å². The molecule has 10 heavy (non-hydrogen) atoms. The van der Waals surface area contributed by atoms with E-state index >= 15 is 0 Å². The van der Waals surface area contributed by atoms with Crippen molar-refractivity contribution in [2.24, 2.45) is 0 Å². The molecule has 1 rings (SSSR count). The molecule has 4 heteroatoms. The molecule has 1 aromatic rings. The van der Waals surface area contributed by atoms with Crippen molar-refractivity contribution in [2.45, 2.75) is 18.6 Å². The monoisotopic (exact) mass is 174 g/mol. The quantitative estimate of drug-likeness (QED) is 0.531. The Morgan fingerprint density at radius 2 is 2.40 bits per heavy atom. The number of aromatic amines is 1. The summed E-state index contributed by atoms with van der Waals surface area (Å²) in [5.41, 5.74) is 1.03. The maximum atomic E-state index is 4.15. The molecule has 0 radical (unpaired) electrons. The molecule has 0 saturated carbocycles. The molecule has 1 aromatic heterocycles. The SMILES string of the molecule is CC(C)(SS)c1cc[nH]n1. The van der Waals surface area contributed by atoms with Gasteiger partial charge in [-0.2, -0.15) is 5.10 Å². The van der Waals surface area contributed by atoms with Gasteiger partial charge in [-0.05, 0) is 19.9 Å². The number of H-pyrrole nitrogens is 1. The third-order valence-electron chi connectivity index (χ3n) is 1.35. The Morgan fingerprint density at radius 3 is 2.80 bits per heavy atom. The lowest BCUT2D eigenvalue weighted by Gasteiger charge is -2.16. The zero-order valence-electron chi connectivity index (χ0n) is 5.96. The summed E-state index contributed by atoms with van der Waals surface area (Å²) in [6.45, 7) is 4.17. The molecule has 56 valence electrons. The molecule has 0 aromatic carbocycles. The highest BCUT2D eigenvalue weighted by molar-refractivity contribution is 8.68. The number of nitrogens with one attached hydrogen (secondary N) is 1. The lowest BCUT2D eigenvalue weighted by Crippen LogP contribution is -2.10. The normalized spacial score (nSPS) is 11.9. The molecule has 0 saturated heterocycles. The number of aromatic nitrogens is 2. The summed E-state index contributed by atoms with van der Waals surface area (Å²) in [6.07, 6.45) is 1.82. The first-order chi connectivity index (χ1) is 4.67. The van der Waals surface area contributed by atoms with E-state index in [1.165, 1.54) is 10.8 Å². The molecule has 0 atom stereocenters. The van der Waals surface area contributed by atoms with Crippen molar-refractivity contribution in [2.75, 3.05) is 0 Å². The molecule has 0 bridgehead atoms. The number of thiol groups is 1. The molecule has 1 N–H and O–H groups in total. The molecule has 0 aliphatic carbocycles. The van der Waals surface area contributed by atoms with Crippen molar-refractivity contribution < 1.29 is 0 Å². The highest BCUT2D eigenvalue weighted by Gasteiger charge is 2.21. The van der Waals surface area contributed by atoms with E-state index in [-0.39, 0.29) is 4.75 Å².